The van der Waals surface area contributed by atoms with Crippen LogP contribution >= 0.6 is 11.6 Å². The van der Waals surface area contributed by atoms with E-state index in [1.165, 1.54) is 4.90 Å². The number of hydrogen-bond acceptors (Lipinski definition) is 4. The Hall–Kier alpha value is -2.81. The summed E-state index contributed by atoms with van der Waals surface area (Å²) in [6.45, 7) is 2.54. The first-order valence-corrected chi connectivity index (χ1v) is 9.97. The van der Waals surface area contributed by atoms with E-state index in [-0.39, 0.29) is 13.2 Å². The fraction of sp³-hybridized carbons (Fsp3) is 0.400. The van der Waals surface area contributed by atoms with Crippen LogP contribution in [0.5, 0.6) is 5.75 Å². The molecular formula is C20H21ClF2N4O3. The summed E-state index contributed by atoms with van der Waals surface area (Å²) < 4.78 is 36.9. The molecule has 0 bridgehead atoms. The van der Waals surface area contributed by atoms with Crippen LogP contribution in [-0.4, -0.2) is 40.1 Å². The Bertz CT molecular complexity index is 1050. The number of hydrogen-bond donors (Lipinski definition) is 2. The molecule has 0 aliphatic carbocycles. The Labute approximate surface area is 176 Å². The highest BCUT2D eigenvalue weighted by molar-refractivity contribution is 6.32. The molecule has 3 heterocycles. The molecule has 1 aromatic carbocycles. The number of likely N-dealkylation sites (tertiary alicyclic amines) is 1. The molecule has 1 aliphatic heterocycles. The van der Waals surface area contributed by atoms with Crippen molar-refractivity contribution in [1.82, 2.24) is 20.4 Å². The first-order chi connectivity index (χ1) is 14.4. The summed E-state index contributed by atoms with van der Waals surface area (Å²) in [5.41, 5.74) is 2.27. The summed E-state index contributed by atoms with van der Waals surface area (Å²) in [5, 5.41) is 7.79. The number of aromatic amines is 1. The van der Waals surface area contributed by atoms with Crippen molar-refractivity contribution in [2.75, 3.05) is 6.54 Å². The SMILES string of the molecule is Cc1cc(COc2cc3[nH]c(CNC(=O)N4CCC[C@@H]4C(F)F)cc3cc2Cl)on1. The maximum Gasteiger partial charge on any atom is 0.318 e. The second kappa shape index (κ2) is 8.51. The molecule has 0 radical (unpaired) electrons. The number of rotatable bonds is 6. The zero-order chi connectivity index (χ0) is 21.3. The quantitative estimate of drug-likeness (QED) is 0.587. The van der Waals surface area contributed by atoms with Crippen molar-refractivity contribution >= 4 is 28.5 Å². The van der Waals surface area contributed by atoms with E-state index < -0.39 is 18.5 Å². The number of H-pyrrole nitrogens is 1. The maximum atomic E-state index is 13.0. The van der Waals surface area contributed by atoms with E-state index in [1.807, 2.05) is 13.0 Å². The lowest BCUT2D eigenvalue weighted by Gasteiger charge is -2.24. The number of aromatic nitrogens is 2. The molecule has 4 rings (SSSR count). The van der Waals surface area contributed by atoms with E-state index in [0.717, 1.165) is 22.3 Å². The number of aryl methyl sites for hydroxylation is 1. The molecule has 10 heteroatoms. The number of benzene rings is 1. The Morgan fingerprint density at radius 3 is 3.00 bits per heavy atom. The van der Waals surface area contributed by atoms with Crippen LogP contribution in [0.3, 0.4) is 0 Å². The number of nitrogens with zero attached hydrogens (tertiary/aromatic N) is 2. The van der Waals surface area contributed by atoms with Gasteiger partial charge in [-0.25, -0.2) is 13.6 Å². The van der Waals surface area contributed by atoms with Crippen molar-refractivity contribution in [3.63, 3.8) is 0 Å². The van der Waals surface area contributed by atoms with Gasteiger partial charge in [-0.05, 0) is 31.9 Å². The van der Waals surface area contributed by atoms with Crippen LogP contribution in [0.25, 0.3) is 10.9 Å². The second-order valence-electron chi connectivity index (χ2n) is 7.28. The largest absolute Gasteiger partial charge is 0.484 e. The Balaban J connectivity index is 1.41. The van der Waals surface area contributed by atoms with E-state index in [0.29, 0.717) is 35.9 Å². The average Bonchev–Trinajstić information content (AvgIpc) is 3.43. The molecule has 2 N–H and O–H groups in total. The smallest absolute Gasteiger partial charge is 0.318 e. The van der Waals surface area contributed by atoms with Crippen LogP contribution in [0, 0.1) is 6.92 Å². The summed E-state index contributed by atoms with van der Waals surface area (Å²) in [6.07, 6.45) is -1.62. The monoisotopic (exact) mass is 438 g/mol. The van der Waals surface area contributed by atoms with E-state index in [2.05, 4.69) is 15.5 Å². The Morgan fingerprint density at radius 2 is 2.27 bits per heavy atom. The average molecular weight is 439 g/mol. The Kier molecular flexibility index (Phi) is 5.80. The van der Waals surface area contributed by atoms with Gasteiger partial charge in [0.25, 0.3) is 6.43 Å². The van der Waals surface area contributed by atoms with Crippen molar-refractivity contribution < 1.29 is 22.8 Å². The van der Waals surface area contributed by atoms with Gasteiger partial charge < -0.3 is 24.5 Å². The summed E-state index contributed by atoms with van der Waals surface area (Å²) in [5.74, 6) is 1.06. The van der Waals surface area contributed by atoms with Crippen LogP contribution in [0.4, 0.5) is 13.6 Å². The highest BCUT2D eigenvalue weighted by atomic mass is 35.5. The topological polar surface area (TPSA) is 83.4 Å². The highest BCUT2D eigenvalue weighted by Crippen LogP contribution is 2.31. The van der Waals surface area contributed by atoms with Crippen molar-refractivity contribution in [3.8, 4) is 5.75 Å². The van der Waals surface area contributed by atoms with Crippen molar-refractivity contribution in [2.24, 2.45) is 0 Å². The molecule has 1 fully saturated rings. The molecule has 1 atom stereocenters. The molecule has 3 aromatic rings. The number of nitrogens with one attached hydrogen (secondary N) is 2. The van der Waals surface area contributed by atoms with Crippen LogP contribution in [-0.2, 0) is 13.2 Å². The summed E-state index contributed by atoms with van der Waals surface area (Å²) in [7, 11) is 0. The van der Waals surface area contributed by atoms with E-state index in [9.17, 15) is 13.6 Å². The molecule has 2 aromatic heterocycles. The van der Waals surface area contributed by atoms with Crippen molar-refractivity contribution in [3.05, 3.63) is 46.4 Å². The van der Waals surface area contributed by atoms with Gasteiger partial charge in [0, 0.05) is 35.3 Å². The molecular weight excluding hydrogens is 418 g/mol. The van der Waals surface area contributed by atoms with Gasteiger partial charge in [0.1, 0.15) is 12.4 Å². The van der Waals surface area contributed by atoms with Gasteiger partial charge >= 0.3 is 6.03 Å². The summed E-state index contributed by atoms with van der Waals surface area (Å²) in [4.78, 5) is 16.7. The summed E-state index contributed by atoms with van der Waals surface area (Å²) >= 11 is 6.31. The van der Waals surface area contributed by atoms with Crippen LogP contribution in [0.2, 0.25) is 5.02 Å². The van der Waals surface area contributed by atoms with Gasteiger partial charge in [0.2, 0.25) is 0 Å². The number of amides is 2. The first-order valence-electron chi connectivity index (χ1n) is 9.59. The normalized spacial score (nSPS) is 16.6. The predicted molar refractivity (Wildman–Crippen MR) is 107 cm³/mol. The second-order valence-corrected chi connectivity index (χ2v) is 7.69. The molecule has 7 nitrogen and oxygen atoms in total. The van der Waals surface area contributed by atoms with Crippen LogP contribution < -0.4 is 10.1 Å². The molecule has 1 aliphatic rings. The van der Waals surface area contributed by atoms with E-state index in [1.54, 1.807) is 18.2 Å². The third kappa shape index (κ3) is 4.35. The number of ether oxygens (including phenoxy) is 1. The molecule has 0 spiro atoms. The molecule has 160 valence electrons. The molecule has 1 saturated heterocycles. The Morgan fingerprint density at radius 1 is 1.43 bits per heavy atom. The van der Waals surface area contributed by atoms with E-state index in [4.69, 9.17) is 20.9 Å². The van der Waals surface area contributed by atoms with Crippen LogP contribution in [0.1, 0.15) is 30.0 Å². The molecule has 2 amide bonds. The third-order valence-corrected chi connectivity index (χ3v) is 5.35. The number of carbonyl (C=O) groups excluding carboxylic acids is 1. The fourth-order valence-electron chi connectivity index (χ4n) is 3.61. The van der Waals surface area contributed by atoms with Gasteiger partial charge in [-0.3, -0.25) is 0 Å². The van der Waals surface area contributed by atoms with Crippen LogP contribution in [0.15, 0.2) is 28.8 Å². The molecule has 0 saturated carbocycles. The van der Waals surface area contributed by atoms with Gasteiger partial charge in [0.15, 0.2) is 5.76 Å². The number of fused-ring (bicyclic) bond motifs is 1. The minimum absolute atomic E-state index is 0.186. The lowest BCUT2D eigenvalue weighted by atomic mass is 10.2. The standard InChI is InChI=1S/C20H21ClF2N4O3/c1-11-5-14(30-26-11)10-29-18-8-16-12(7-15(18)21)6-13(25-16)9-24-20(28)27-4-2-3-17(27)19(22)23/h5-8,17,19,25H,2-4,9-10H2,1H3,(H,24,28)/t17-/m1/s1. The number of halogens is 3. The zero-order valence-electron chi connectivity index (χ0n) is 16.3. The maximum absolute atomic E-state index is 13.0. The lowest BCUT2D eigenvalue weighted by molar-refractivity contribution is 0.0606. The fourth-order valence-corrected chi connectivity index (χ4v) is 3.84. The molecule has 0 unspecified atom stereocenters. The number of alkyl halides is 2. The molecule has 30 heavy (non-hydrogen) atoms. The van der Waals surface area contributed by atoms with E-state index >= 15 is 0 Å². The lowest BCUT2D eigenvalue weighted by Crippen LogP contribution is -2.45. The minimum atomic E-state index is -2.53. The third-order valence-electron chi connectivity index (χ3n) is 5.06. The zero-order valence-corrected chi connectivity index (χ0v) is 17.0. The van der Waals surface area contributed by atoms with Gasteiger partial charge in [-0.1, -0.05) is 16.8 Å². The highest BCUT2D eigenvalue weighted by Gasteiger charge is 2.35. The van der Waals surface area contributed by atoms with Gasteiger partial charge in [-0.2, -0.15) is 0 Å². The minimum Gasteiger partial charge on any atom is -0.484 e. The first kappa shape index (κ1) is 20.5. The van der Waals surface area contributed by atoms with Crippen molar-refractivity contribution in [2.45, 2.75) is 45.4 Å². The predicted octanol–water partition coefficient (Wildman–Crippen LogP) is 4.64. The van der Waals surface area contributed by atoms with Crippen molar-refractivity contribution in [1.29, 1.82) is 0 Å². The number of urea groups is 1. The van der Waals surface area contributed by atoms with Gasteiger partial charge in [-0.15, -0.1) is 0 Å². The van der Waals surface area contributed by atoms with Gasteiger partial charge in [0.05, 0.1) is 23.3 Å². The number of carbonyl (C=O) groups is 1. The summed E-state index contributed by atoms with van der Waals surface area (Å²) in [6, 6.07) is 5.65.